The molecule has 0 bridgehead atoms. The minimum Gasteiger partial charge on any atom is -0.399 e. The molecule has 2 aromatic carbocycles. The highest BCUT2D eigenvalue weighted by Gasteiger charge is 2.32. The van der Waals surface area contributed by atoms with Gasteiger partial charge in [-0.15, -0.1) is 0 Å². The number of aromatic nitrogens is 2. The zero-order valence-electron chi connectivity index (χ0n) is 21.9. The van der Waals surface area contributed by atoms with Crippen LogP contribution >= 0.6 is 0 Å². The van der Waals surface area contributed by atoms with Crippen molar-refractivity contribution in [3.8, 4) is 0 Å². The molecule has 5 rings (SSSR count). The largest absolute Gasteiger partial charge is 0.416 e. The number of aryl methyl sites for hydroxylation is 2. The normalized spacial score (nSPS) is 17.5. The maximum atomic E-state index is 13.4. The van der Waals surface area contributed by atoms with Crippen molar-refractivity contribution < 1.29 is 13.2 Å². The van der Waals surface area contributed by atoms with E-state index in [1.807, 2.05) is 13.8 Å². The number of nitrogens with two attached hydrogens (primary N) is 1. The molecule has 0 spiro atoms. The summed E-state index contributed by atoms with van der Waals surface area (Å²) in [5.41, 5.74) is 10.5. The number of nitrogens with zero attached hydrogens (tertiary/aromatic N) is 4. The molecule has 1 saturated heterocycles. The first kappa shape index (κ1) is 25.6. The molecule has 2 heterocycles. The standard InChI is InChI=1S/C28H35F3N6/c1-16(2)36-8-10-37(11-9-36)25-15-24-26(23-7-5-6-22(23)25)34-18(4)35-27(24)33-17(3)19-12-20(28(29,30)31)14-21(32)13-19/h12-17H,5-11,32H2,1-4H3,(H,33,34,35)/t17-/m1/s1. The Hall–Kier alpha value is -3.07. The van der Waals surface area contributed by atoms with Crippen LogP contribution in [0.4, 0.5) is 30.4 Å². The van der Waals surface area contributed by atoms with Gasteiger partial charge in [0.15, 0.2) is 0 Å². The predicted molar refractivity (Wildman–Crippen MR) is 143 cm³/mol. The zero-order chi connectivity index (χ0) is 26.5. The number of alkyl halides is 3. The SMILES string of the molecule is Cc1nc(N[C@H](C)c2cc(N)cc(C(F)(F)F)c2)c2cc(N3CCN(C(C)C)CC3)c3c(c2n1)CCC3. The number of piperazine rings is 1. The summed E-state index contributed by atoms with van der Waals surface area (Å²) in [4.78, 5) is 14.5. The Morgan fingerprint density at radius 1 is 0.946 bits per heavy atom. The molecule has 1 aliphatic carbocycles. The molecular formula is C28H35F3N6. The van der Waals surface area contributed by atoms with Crippen LogP contribution in [0, 0.1) is 6.92 Å². The number of hydrogen-bond acceptors (Lipinski definition) is 6. The van der Waals surface area contributed by atoms with E-state index >= 15 is 0 Å². The Kier molecular flexibility index (Phi) is 6.68. The topological polar surface area (TPSA) is 70.3 Å². The molecule has 3 N–H and O–H groups in total. The first-order valence-electron chi connectivity index (χ1n) is 13.1. The number of nitrogen functional groups attached to an aromatic ring is 1. The lowest BCUT2D eigenvalue weighted by molar-refractivity contribution is -0.137. The summed E-state index contributed by atoms with van der Waals surface area (Å²) in [7, 11) is 0. The van der Waals surface area contributed by atoms with Crippen LogP contribution in [0.5, 0.6) is 0 Å². The van der Waals surface area contributed by atoms with E-state index in [4.69, 9.17) is 15.7 Å². The second kappa shape index (κ2) is 9.67. The third-order valence-electron chi connectivity index (χ3n) is 7.69. The quantitative estimate of drug-likeness (QED) is 0.426. The van der Waals surface area contributed by atoms with Crippen molar-refractivity contribution in [3.05, 3.63) is 52.3 Å². The van der Waals surface area contributed by atoms with E-state index in [1.54, 1.807) is 6.07 Å². The maximum absolute atomic E-state index is 13.4. The van der Waals surface area contributed by atoms with Gasteiger partial charge in [-0.05, 0) is 87.9 Å². The van der Waals surface area contributed by atoms with Gasteiger partial charge >= 0.3 is 6.18 Å². The summed E-state index contributed by atoms with van der Waals surface area (Å²) in [5.74, 6) is 1.28. The van der Waals surface area contributed by atoms with Crippen molar-refractivity contribution in [2.24, 2.45) is 0 Å². The van der Waals surface area contributed by atoms with Gasteiger partial charge in [0, 0.05) is 49.0 Å². The second-order valence-electron chi connectivity index (χ2n) is 10.6. The summed E-state index contributed by atoms with van der Waals surface area (Å²) in [5, 5.41) is 4.31. The molecule has 0 saturated carbocycles. The molecule has 9 heteroatoms. The van der Waals surface area contributed by atoms with Crippen molar-refractivity contribution in [1.82, 2.24) is 14.9 Å². The average molecular weight is 513 g/mol. The molecule has 1 atom stereocenters. The molecule has 3 aromatic rings. The lowest BCUT2D eigenvalue weighted by atomic mass is 10.0. The molecule has 1 aliphatic heterocycles. The van der Waals surface area contributed by atoms with Crippen molar-refractivity contribution in [3.63, 3.8) is 0 Å². The summed E-state index contributed by atoms with van der Waals surface area (Å²) >= 11 is 0. The van der Waals surface area contributed by atoms with Crippen molar-refractivity contribution in [2.45, 2.75) is 65.2 Å². The molecule has 0 unspecified atom stereocenters. The van der Waals surface area contributed by atoms with Gasteiger partial charge in [-0.25, -0.2) is 9.97 Å². The van der Waals surface area contributed by atoms with Gasteiger partial charge in [0.2, 0.25) is 0 Å². The summed E-state index contributed by atoms with van der Waals surface area (Å²) < 4.78 is 40.2. The minimum absolute atomic E-state index is 0.0860. The van der Waals surface area contributed by atoms with Crippen molar-refractivity contribution >= 4 is 28.1 Å². The highest BCUT2D eigenvalue weighted by atomic mass is 19.4. The molecule has 2 aliphatic rings. The van der Waals surface area contributed by atoms with E-state index in [-0.39, 0.29) is 5.69 Å². The van der Waals surface area contributed by atoms with Crippen LogP contribution in [-0.2, 0) is 19.0 Å². The molecule has 6 nitrogen and oxygen atoms in total. The smallest absolute Gasteiger partial charge is 0.399 e. The van der Waals surface area contributed by atoms with Gasteiger partial charge in [0.25, 0.3) is 0 Å². The van der Waals surface area contributed by atoms with E-state index in [0.717, 1.165) is 68.5 Å². The van der Waals surface area contributed by atoms with Gasteiger partial charge in [0.1, 0.15) is 11.6 Å². The number of benzene rings is 2. The molecule has 0 amide bonds. The third kappa shape index (κ3) is 5.06. The third-order valence-corrected chi connectivity index (χ3v) is 7.69. The Morgan fingerprint density at radius 2 is 1.65 bits per heavy atom. The van der Waals surface area contributed by atoms with E-state index in [0.29, 0.717) is 23.2 Å². The highest BCUT2D eigenvalue weighted by molar-refractivity contribution is 5.96. The van der Waals surface area contributed by atoms with Crippen LogP contribution in [0.15, 0.2) is 24.3 Å². The number of hydrogen-bond donors (Lipinski definition) is 2. The lowest BCUT2D eigenvalue weighted by Crippen LogP contribution is -2.49. The van der Waals surface area contributed by atoms with Crippen LogP contribution < -0.4 is 16.0 Å². The number of nitrogens with one attached hydrogen (secondary N) is 1. The fourth-order valence-electron chi connectivity index (χ4n) is 5.71. The second-order valence-corrected chi connectivity index (χ2v) is 10.6. The van der Waals surface area contributed by atoms with Crippen molar-refractivity contribution in [2.75, 3.05) is 42.1 Å². The fraction of sp³-hybridized carbons (Fsp3) is 0.500. The Balaban J connectivity index is 1.54. The zero-order valence-corrected chi connectivity index (χ0v) is 21.9. The van der Waals surface area contributed by atoms with E-state index in [9.17, 15) is 13.2 Å². The van der Waals surface area contributed by atoms with Crippen LogP contribution in [0.3, 0.4) is 0 Å². The summed E-state index contributed by atoms with van der Waals surface area (Å²) in [6, 6.07) is 5.99. The van der Waals surface area contributed by atoms with E-state index in [1.165, 1.54) is 16.8 Å². The van der Waals surface area contributed by atoms with E-state index in [2.05, 4.69) is 35.0 Å². The van der Waals surface area contributed by atoms with Gasteiger partial charge in [-0.2, -0.15) is 13.2 Å². The Morgan fingerprint density at radius 3 is 2.32 bits per heavy atom. The van der Waals surface area contributed by atoms with Gasteiger partial charge in [0.05, 0.1) is 17.1 Å². The van der Waals surface area contributed by atoms with Gasteiger partial charge < -0.3 is 16.0 Å². The lowest BCUT2D eigenvalue weighted by Gasteiger charge is -2.39. The number of fused-ring (bicyclic) bond motifs is 3. The van der Waals surface area contributed by atoms with Gasteiger partial charge in [-0.1, -0.05) is 0 Å². The number of halogens is 3. The number of rotatable bonds is 5. The molecule has 37 heavy (non-hydrogen) atoms. The van der Waals surface area contributed by atoms with Gasteiger partial charge in [-0.3, -0.25) is 4.90 Å². The molecule has 1 aromatic heterocycles. The molecule has 198 valence electrons. The van der Waals surface area contributed by atoms with Crippen LogP contribution in [0.2, 0.25) is 0 Å². The minimum atomic E-state index is -4.46. The van der Waals surface area contributed by atoms with Crippen LogP contribution in [0.1, 0.15) is 61.3 Å². The van der Waals surface area contributed by atoms with Crippen molar-refractivity contribution in [1.29, 1.82) is 0 Å². The molecule has 1 fully saturated rings. The van der Waals surface area contributed by atoms with Crippen LogP contribution in [-0.4, -0.2) is 47.1 Å². The first-order chi connectivity index (χ1) is 17.5. The number of anilines is 3. The van der Waals surface area contributed by atoms with E-state index < -0.39 is 17.8 Å². The van der Waals surface area contributed by atoms with Crippen LogP contribution in [0.25, 0.3) is 10.9 Å². The highest BCUT2D eigenvalue weighted by Crippen LogP contribution is 2.40. The summed E-state index contributed by atoms with van der Waals surface area (Å²) in [6.45, 7) is 12.1. The average Bonchev–Trinajstić information content (AvgIpc) is 3.33. The molecular weight excluding hydrogens is 477 g/mol. The predicted octanol–water partition coefficient (Wildman–Crippen LogP) is 5.73. The Bertz CT molecular complexity index is 1310. The first-order valence-corrected chi connectivity index (χ1v) is 13.1. The monoisotopic (exact) mass is 512 g/mol. The summed E-state index contributed by atoms with van der Waals surface area (Å²) in [6.07, 6.45) is -1.35. The maximum Gasteiger partial charge on any atom is 0.416 e. The Labute approximate surface area is 216 Å². The molecule has 0 radical (unpaired) electrons. The fourth-order valence-corrected chi connectivity index (χ4v) is 5.71.